The summed E-state index contributed by atoms with van der Waals surface area (Å²) in [6.45, 7) is 2.99. The molecule has 134 valence electrons. The topological polar surface area (TPSA) is 66.5 Å². The summed E-state index contributed by atoms with van der Waals surface area (Å²) in [7, 11) is -3.63. The molecule has 1 saturated heterocycles. The zero-order chi connectivity index (χ0) is 18.0. The lowest BCUT2D eigenvalue weighted by atomic mass is 10.2. The van der Waals surface area contributed by atoms with Crippen LogP contribution in [0.1, 0.15) is 34.5 Å². The summed E-state index contributed by atoms with van der Waals surface area (Å²) in [6.07, 6.45) is 2.77. The fourth-order valence-electron chi connectivity index (χ4n) is 2.77. The highest BCUT2D eigenvalue weighted by Gasteiger charge is 2.31. The first-order chi connectivity index (χ1) is 11.9. The molecule has 0 aliphatic carbocycles. The molecule has 2 heterocycles. The Balaban J connectivity index is 1.85. The van der Waals surface area contributed by atoms with Gasteiger partial charge in [0.15, 0.2) is 0 Å². The molecule has 1 aliphatic rings. The molecule has 8 heteroatoms. The van der Waals surface area contributed by atoms with Crippen molar-refractivity contribution < 1.29 is 13.2 Å². The van der Waals surface area contributed by atoms with E-state index in [9.17, 15) is 13.2 Å². The van der Waals surface area contributed by atoms with Crippen LogP contribution >= 0.6 is 27.3 Å². The van der Waals surface area contributed by atoms with Gasteiger partial charge in [0, 0.05) is 23.2 Å². The van der Waals surface area contributed by atoms with Crippen LogP contribution in [0.4, 0.5) is 5.69 Å². The van der Waals surface area contributed by atoms with Crippen molar-refractivity contribution in [2.24, 2.45) is 0 Å². The summed E-state index contributed by atoms with van der Waals surface area (Å²) in [6, 6.07) is 7.01. The molecule has 5 nitrogen and oxygen atoms in total. The highest BCUT2D eigenvalue weighted by Crippen LogP contribution is 2.28. The minimum Gasteiger partial charge on any atom is -0.321 e. The van der Waals surface area contributed by atoms with Gasteiger partial charge in [0.05, 0.1) is 0 Å². The summed E-state index contributed by atoms with van der Waals surface area (Å²) in [4.78, 5) is 12.9. The summed E-state index contributed by atoms with van der Waals surface area (Å²) in [5, 5.41) is 4.44. The van der Waals surface area contributed by atoms with Crippen molar-refractivity contribution in [2.75, 3.05) is 18.4 Å². The van der Waals surface area contributed by atoms with E-state index in [0.29, 0.717) is 18.8 Å². The molecule has 3 rings (SSSR count). The predicted octanol–water partition coefficient (Wildman–Crippen LogP) is 4.25. The fraction of sp³-hybridized carbons (Fsp3) is 0.353. The monoisotopic (exact) mass is 442 g/mol. The van der Waals surface area contributed by atoms with Crippen molar-refractivity contribution in [3.05, 3.63) is 44.6 Å². The molecular formula is C17H19BrN2O3S2. The molecule has 1 N–H and O–H groups in total. The van der Waals surface area contributed by atoms with Crippen LogP contribution in [0.2, 0.25) is 0 Å². The molecule has 0 saturated carbocycles. The van der Waals surface area contributed by atoms with Crippen LogP contribution in [0.15, 0.2) is 39.0 Å². The fourth-order valence-corrected chi connectivity index (χ4v) is 5.96. The average molecular weight is 443 g/mol. The maximum atomic E-state index is 12.9. The number of sulfonamides is 1. The Bertz CT molecular complexity index is 887. The first kappa shape index (κ1) is 18.6. The molecule has 1 aromatic heterocycles. The number of amides is 1. The average Bonchev–Trinajstić information content (AvgIpc) is 3.10. The number of piperidine rings is 1. The van der Waals surface area contributed by atoms with Gasteiger partial charge in [0.2, 0.25) is 10.0 Å². The van der Waals surface area contributed by atoms with Crippen LogP contribution in [-0.2, 0) is 10.0 Å². The quantitative estimate of drug-likeness (QED) is 0.769. The second kappa shape index (κ2) is 7.57. The van der Waals surface area contributed by atoms with Gasteiger partial charge in [-0.25, -0.2) is 8.42 Å². The number of thiophene rings is 1. The van der Waals surface area contributed by atoms with Crippen molar-refractivity contribution in [1.29, 1.82) is 0 Å². The van der Waals surface area contributed by atoms with E-state index in [4.69, 9.17) is 0 Å². The lowest BCUT2D eigenvalue weighted by molar-refractivity contribution is 0.102. The van der Waals surface area contributed by atoms with Crippen LogP contribution in [0.3, 0.4) is 0 Å². The zero-order valence-electron chi connectivity index (χ0n) is 13.8. The SMILES string of the molecule is Cc1ccc(NC(=O)c2sccc2S(=O)(=O)N2CCCCC2)cc1Br. The summed E-state index contributed by atoms with van der Waals surface area (Å²) < 4.78 is 28.1. The minimum atomic E-state index is -3.63. The van der Waals surface area contributed by atoms with E-state index in [1.54, 1.807) is 17.5 Å². The molecule has 1 aliphatic heterocycles. The van der Waals surface area contributed by atoms with Crippen LogP contribution in [0.25, 0.3) is 0 Å². The molecule has 0 bridgehead atoms. The van der Waals surface area contributed by atoms with Gasteiger partial charge in [-0.2, -0.15) is 4.31 Å². The highest BCUT2D eigenvalue weighted by atomic mass is 79.9. The number of nitrogens with one attached hydrogen (secondary N) is 1. The summed E-state index contributed by atoms with van der Waals surface area (Å²) in [5.41, 5.74) is 1.68. The largest absolute Gasteiger partial charge is 0.321 e. The van der Waals surface area contributed by atoms with Crippen LogP contribution < -0.4 is 5.32 Å². The molecule has 2 aromatic rings. The molecule has 0 spiro atoms. The third kappa shape index (κ3) is 3.97. The molecule has 1 amide bonds. The third-order valence-corrected chi connectivity index (χ3v) is 8.04. The molecule has 0 atom stereocenters. The van der Waals surface area contributed by atoms with Gasteiger partial charge in [-0.3, -0.25) is 4.79 Å². The normalized spacial score (nSPS) is 15.9. The van der Waals surface area contributed by atoms with Gasteiger partial charge in [0.1, 0.15) is 9.77 Å². The number of hydrogen-bond acceptors (Lipinski definition) is 4. The smallest absolute Gasteiger partial charge is 0.267 e. The van der Waals surface area contributed by atoms with Gasteiger partial charge in [-0.05, 0) is 48.9 Å². The van der Waals surface area contributed by atoms with Gasteiger partial charge in [0.25, 0.3) is 5.91 Å². The second-order valence-corrected chi connectivity index (χ2v) is 9.67. The second-order valence-electron chi connectivity index (χ2n) is 6.00. The zero-order valence-corrected chi connectivity index (χ0v) is 17.0. The lowest BCUT2D eigenvalue weighted by Gasteiger charge is -2.25. The Morgan fingerprint density at radius 1 is 1.20 bits per heavy atom. The first-order valence-electron chi connectivity index (χ1n) is 8.05. The van der Waals surface area contributed by atoms with E-state index in [1.807, 2.05) is 13.0 Å². The van der Waals surface area contributed by atoms with Crippen LogP contribution in [-0.4, -0.2) is 31.7 Å². The molecule has 25 heavy (non-hydrogen) atoms. The van der Waals surface area contributed by atoms with Crippen molar-refractivity contribution in [3.63, 3.8) is 0 Å². The van der Waals surface area contributed by atoms with Gasteiger partial charge in [-0.15, -0.1) is 11.3 Å². The predicted molar refractivity (Wildman–Crippen MR) is 104 cm³/mol. The number of aryl methyl sites for hydroxylation is 1. The maximum Gasteiger partial charge on any atom is 0.267 e. The van der Waals surface area contributed by atoms with E-state index in [2.05, 4.69) is 21.2 Å². The van der Waals surface area contributed by atoms with Gasteiger partial charge >= 0.3 is 0 Å². The Hall–Kier alpha value is -1.22. The van der Waals surface area contributed by atoms with E-state index in [0.717, 1.165) is 40.6 Å². The number of carbonyl (C=O) groups excluding carboxylic acids is 1. The molecule has 0 unspecified atom stereocenters. The van der Waals surface area contributed by atoms with E-state index < -0.39 is 15.9 Å². The number of rotatable bonds is 4. The van der Waals surface area contributed by atoms with Crippen molar-refractivity contribution >= 4 is 48.9 Å². The molecule has 1 aromatic carbocycles. The van der Waals surface area contributed by atoms with Gasteiger partial charge < -0.3 is 5.32 Å². The standard InChI is InChI=1S/C17H19BrN2O3S2/c1-12-5-6-13(11-14(12)18)19-17(21)16-15(7-10-24-16)25(22,23)20-8-3-2-4-9-20/h5-7,10-11H,2-4,8-9H2,1H3,(H,19,21). The lowest BCUT2D eigenvalue weighted by Crippen LogP contribution is -2.36. The first-order valence-corrected chi connectivity index (χ1v) is 11.2. The van der Waals surface area contributed by atoms with E-state index in [1.165, 1.54) is 10.4 Å². The van der Waals surface area contributed by atoms with Crippen molar-refractivity contribution in [1.82, 2.24) is 4.31 Å². The highest BCUT2D eigenvalue weighted by molar-refractivity contribution is 9.10. The Kier molecular flexibility index (Phi) is 5.62. The number of anilines is 1. The van der Waals surface area contributed by atoms with Crippen LogP contribution in [0.5, 0.6) is 0 Å². The van der Waals surface area contributed by atoms with Crippen molar-refractivity contribution in [2.45, 2.75) is 31.1 Å². The van der Waals surface area contributed by atoms with E-state index >= 15 is 0 Å². The Morgan fingerprint density at radius 3 is 2.60 bits per heavy atom. The number of halogens is 1. The minimum absolute atomic E-state index is 0.100. The molecule has 0 radical (unpaired) electrons. The third-order valence-electron chi connectivity index (χ3n) is 4.20. The number of carbonyl (C=O) groups is 1. The maximum absolute atomic E-state index is 12.9. The summed E-state index contributed by atoms with van der Waals surface area (Å²) in [5.74, 6) is -0.402. The van der Waals surface area contributed by atoms with E-state index in [-0.39, 0.29) is 9.77 Å². The number of hydrogen-bond donors (Lipinski definition) is 1. The molecular weight excluding hydrogens is 424 g/mol. The number of benzene rings is 1. The van der Waals surface area contributed by atoms with Gasteiger partial charge in [-0.1, -0.05) is 28.4 Å². The van der Waals surface area contributed by atoms with Crippen molar-refractivity contribution in [3.8, 4) is 0 Å². The van der Waals surface area contributed by atoms with Crippen LogP contribution in [0, 0.1) is 6.92 Å². The molecule has 1 fully saturated rings. The Labute approximate surface area is 160 Å². The Morgan fingerprint density at radius 2 is 1.92 bits per heavy atom. The number of nitrogens with zero attached hydrogens (tertiary/aromatic N) is 1. The summed E-state index contributed by atoms with van der Waals surface area (Å²) >= 11 is 4.58.